The van der Waals surface area contributed by atoms with Gasteiger partial charge in [-0.1, -0.05) is 16.9 Å². The molecule has 0 spiro atoms. The van der Waals surface area contributed by atoms with Crippen molar-refractivity contribution in [2.24, 2.45) is 7.05 Å². The molecule has 3 aromatic rings. The lowest BCUT2D eigenvalue weighted by atomic mass is 10.2. The molecule has 0 aliphatic carbocycles. The van der Waals surface area contributed by atoms with Gasteiger partial charge in [0.1, 0.15) is 11.5 Å². The molecule has 0 radical (unpaired) electrons. The van der Waals surface area contributed by atoms with Gasteiger partial charge in [-0.15, -0.1) is 10.2 Å². The van der Waals surface area contributed by atoms with Crippen molar-refractivity contribution in [2.75, 3.05) is 0 Å². The Morgan fingerprint density at radius 1 is 1.19 bits per heavy atom. The quantitative estimate of drug-likeness (QED) is 0.689. The summed E-state index contributed by atoms with van der Waals surface area (Å²) in [5, 5.41) is 13.3. The zero-order chi connectivity index (χ0) is 15.0. The number of rotatable bonds is 4. The summed E-state index contributed by atoms with van der Waals surface area (Å²) >= 11 is 1.62. The fourth-order valence-corrected chi connectivity index (χ4v) is 3.20. The molecule has 0 N–H and O–H groups in total. The standard InChI is InChI=1S/C14H16N4O2S/c1-8-12(10(3)20-17-8)7-21-14-16-15-13(18(14)4)11-5-6-19-9(11)2/h5-6H,7H2,1-4H3. The van der Waals surface area contributed by atoms with E-state index in [2.05, 4.69) is 15.4 Å². The number of aryl methyl sites for hydroxylation is 3. The first-order valence-corrected chi connectivity index (χ1v) is 7.55. The zero-order valence-corrected chi connectivity index (χ0v) is 13.2. The van der Waals surface area contributed by atoms with Gasteiger partial charge in [0.2, 0.25) is 0 Å². The SMILES string of the molecule is Cc1noc(C)c1CSc1nnc(-c2ccoc2C)n1C. The second kappa shape index (κ2) is 5.40. The maximum Gasteiger partial charge on any atom is 0.191 e. The first-order chi connectivity index (χ1) is 10.1. The van der Waals surface area contributed by atoms with Crippen LogP contribution in [-0.2, 0) is 12.8 Å². The number of thioether (sulfide) groups is 1. The Labute approximate surface area is 126 Å². The van der Waals surface area contributed by atoms with Gasteiger partial charge in [0, 0.05) is 18.4 Å². The third kappa shape index (κ3) is 2.49. The summed E-state index contributed by atoms with van der Waals surface area (Å²) in [4.78, 5) is 0. The van der Waals surface area contributed by atoms with Crippen molar-refractivity contribution in [3.05, 3.63) is 35.1 Å². The van der Waals surface area contributed by atoms with Crippen LogP contribution in [0.1, 0.15) is 22.8 Å². The van der Waals surface area contributed by atoms with Gasteiger partial charge in [-0.25, -0.2) is 0 Å². The Morgan fingerprint density at radius 2 is 2.00 bits per heavy atom. The highest BCUT2D eigenvalue weighted by molar-refractivity contribution is 7.98. The van der Waals surface area contributed by atoms with Gasteiger partial charge in [0.25, 0.3) is 0 Å². The minimum atomic E-state index is 0.761. The van der Waals surface area contributed by atoms with Crippen LogP contribution in [0.3, 0.4) is 0 Å². The Bertz CT molecular complexity index is 752. The molecule has 0 aliphatic heterocycles. The van der Waals surface area contributed by atoms with Crippen molar-refractivity contribution in [3.8, 4) is 11.4 Å². The number of aromatic nitrogens is 4. The van der Waals surface area contributed by atoms with E-state index in [1.165, 1.54) is 0 Å². The van der Waals surface area contributed by atoms with Crippen molar-refractivity contribution in [2.45, 2.75) is 31.7 Å². The summed E-state index contributed by atoms with van der Waals surface area (Å²) in [5.74, 6) is 3.26. The molecule has 0 saturated carbocycles. The van der Waals surface area contributed by atoms with E-state index >= 15 is 0 Å². The summed E-state index contributed by atoms with van der Waals surface area (Å²) in [7, 11) is 1.96. The molecule has 110 valence electrons. The Morgan fingerprint density at radius 3 is 2.62 bits per heavy atom. The lowest BCUT2D eigenvalue weighted by molar-refractivity contribution is 0.392. The fourth-order valence-electron chi connectivity index (χ4n) is 2.14. The molecule has 0 amide bonds. The molecule has 0 atom stereocenters. The molecule has 3 rings (SSSR count). The van der Waals surface area contributed by atoms with Gasteiger partial charge in [-0.2, -0.15) is 0 Å². The van der Waals surface area contributed by atoms with Crippen LogP contribution < -0.4 is 0 Å². The Balaban J connectivity index is 1.82. The van der Waals surface area contributed by atoms with E-state index in [-0.39, 0.29) is 0 Å². The molecule has 3 aromatic heterocycles. The van der Waals surface area contributed by atoms with Crippen LogP contribution in [0.2, 0.25) is 0 Å². The van der Waals surface area contributed by atoms with Crippen molar-refractivity contribution in [3.63, 3.8) is 0 Å². The van der Waals surface area contributed by atoms with Gasteiger partial charge in [-0.3, -0.25) is 0 Å². The smallest absolute Gasteiger partial charge is 0.191 e. The predicted molar refractivity (Wildman–Crippen MR) is 79.0 cm³/mol. The summed E-state index contributed by atoms with van der Waals surface area (Å²) < 4.78 is 12.5. The minimum Gasteiger partial charge on any atom is -0.469 e. The van der Waals surface area contributed by atoms with Crippen molar-refractivity contribution < 1.29 is 8.94 Å². The monoisotopic (exact) mass is 304 g/mol. The van der Waals surface area contributed by atoms with Crippen LogP contribution >= 0.6 is 11.8 Å². The molecule has 0 aliphatic rings. The number of furan rings is 1. The van der Waals surface area contributed by atoms with Gasteiger partial charge >= 0.3 is 0 Å². The second-order valence-electron chi connectivity index (χ2n) is 4.85. The highest BCUT2D eigenvalue weighted by Gasteiger charge is 2.16. The fraction of sp³-hybridized carbons (Fsp3) is 0.357. The van der Waals surface area contributed by atoms with E-state index in [0.29, 0.717) is 0 Å². The van der Waals surface area contributed by atoms with Crippen molar-refractivity contribution in [1.82, 2.24) is 19.9 Å². The summed E-state index contributed by atoms with van der Waals surface area (Å²) in [6, 6.07) is 1.90. The summed E-state index contributed by atoms with van der Waals surface area (Å²) in [6.07, 6.45) is 1.66. The normalized spacial score (nSPS) is 11.2. The third-order valence-corrected chi connectivity index (χ3v) is 4.51. The third-order valence-electron chi connectivity index (χ3n) is 3.46. The van der Waals surface area contributed by atoms with Crippen LogP contribution in [0.5, 0.6) is 0 Å². The minimum absolute atomic E-state index is 0.761. The number of nitrogens with zero attached hydrogens (tertiary/aromatic N) is 4. The molecule has 0 saturated heterocycles. The molecular formula is C14H16N4O2S. The molecule has 0 bridgehead atoms. The molecule has 7 heteroatoms. The van der Waals surface area contributed by atoms with Gasteiger partial charge in [0.15, 0.2) is 11.0 Å². The summed E-state index contributed by atoms with van der Waals surface area (Å²) in [6.45, 7) is 5.79. The Hall–Kier alpha value is -2.02. The van der Waals surface area contributed by atoms with Crippen LogP contribution in [0.4, 0.5) is 0 Å². The van der Waals surface area contributed by atoms with Crippen molar-refractivity contribution in [1.29, 1.82) is 0 Å². The average Bonchev–Trinajstić information content (AvgIpc) is 3.11. The molecule has 3 heterocycles. The van der Waals surface area contributed by atoms with Crippen LogP contribution in [-0.4, -0.2) is 19.9 Å². The lowest BCUT2D eigenvalue weighted by Gasteiger charge is -2.03. The first kappa shape index (κ1) is 13.9. The molecule has 0 unspecified atom stereocenters. The summed E-state index contributed by atoms with van der Waals surface area (Å²) in [5.41, 5.74) is 3.01. The molecular weight excluding hydrogens is 288 g/mol. The van der Waals surface area contributed by atoms with E-state index in [9.17, 15) is 0 Å². The molecule has 6 nitrogen and oxygen atoms in total. The van der Waals surface area contributed by atoms with Gasteiger partial charge < -0.3 is 13.5 Å². The maximum absolute atomic E-state index is 5.32. The van der Waals surface area contributed by atoms with Crippen LogP contribution in [0.25, 0.3) is 11.4 Å². The van der Waals surface area contributed by atoms with E-state index in [0.717, 1.165) is 45.1 Å². The second-order valence-corrected chi connectivity index (χ2v) is 5.79. The highest BCUT2D eigenvalue weighted by Crippen LogP contribution is 2.28. The molecule has 0 fully saturated rings. The Kier molecular flexibility index (Phi) is 3.59. The number of hydrogen-bond donors (Lipinski definition) is 0. The van der Waals surface area contributed by atoms with Crippen LogP contribution in [0, 0.1) is 20.8 Å². The molecule has 21 heavy (non-hydrogen) atoms. The maximum atomic E-state index is 5.32. The van der Waals surface area contributed by atoms with E-state index in [1.54, 1.807) is 18.0 Å². The van der Waals surface area contributed by atoms with E-state index < -0.39 is 0 Å². The first-order valence-electron chi connectivity index (χ1n) is 6.56. The van der Waals surface area contributed by atoms with Gasteiger partial charge in [-0.05, 0) is 26.8 Å². The van der Waals surface area contributed by atoms with E-state index in [4.69, 9.17) is 8.94 Å². The largest absolute Gasteiger partial charge is 0.469 e. The highest BCUT2D eigenvalue weighted by atomic mass is 32.2. The topological polar surface area (TPSA) is 69.9 Å². The van der Waals surface area contributed by atoms with Crippen LogP contribution in [0.15, 0.2) is 26.4 Å². The van der Waals surface area contributed by atoms with E-state index in [1.807, 2.05) is 38.5 Å². The predicted octanol–water partition coefficient (Wildman–Crippen LogP) is 3.28. The van der Waals surface area contributed by atoms with Crippen molar-refractivity contribution >= 4 is 11.8 Å². The number of hydrogen-bond acceptors (Lipinski definition) is 6. The average molecular weight is 304 g/mol. The lowest BCUT2D eigenvalue weighted by Crippen LogP contribution is -1.95. The molecule has 0 aromatic carbocycles. The van der Waals surface area contributed by atoms with Gasteiger partial charge in [0.05, 0.1) is 17.5 Å². The zero-order valence-electron chi connectivity index (χ0n) is 12.4.